The summed E-state index contributed by atoms with van der Waals surface area (Å²) in [6, 6.07) is 5.31. The predicted octanol–water partition coefficient (Wildman–Crippen LogP) is 3.55. The van der Waals surface area contributed by atoms with Crippen molar-refractivity contribution in [3.63, 3.8) is 0 Å². The van der Waals surface area contributed by atoms with E-state index < -0.39 is 12.3 Å². The summed E-state index contributed by atoms with van der Waals surface area (Å²) in [6.45, 7) is 7.85. The standard InChI is InChI=1S/C21H30F2N4O/c1-5-11-27(4)12-7-8-17-9-10-19(24-15-28)18(14-17)21(26-25-6-2)16(3)13-20(22)23/h9-10,14-16,20,25H,5-6,11-13H2,1-4H3,(H,24,28)/b26-21+. The topological polar surface area (TPSA) is 56.7 Å². The summed E-state index contributed by atoms with van der Waals surface area (Å²) in [5.41, 5.74) is 5.17. The zero-order chi connectivity index (χ0) is 20.9. The maximum atomic E-state index is 12.9. The molecule has 0 aliphatic heterocycles. The van der Waals surface area contributed by atoms with E-state index in [4.69, 9.17) is 0 Å². The lowest BCUT2D eigenvalue weighted by Gasteiger charge is -2.18. The maximum Gasteiger partial charge on any atom is 0.239 e. The van der Waals surface area contributed by atoms with Gasteiger partial charge in [-0.25, -0.2) is 8.78 Å². The molecule has 1 amide bonds. The molecule has 1 aromatic rings. The second-order valence-electron chi connectivity index (χ2n) is 6.60. The van der Waals surface area contributed by atoms with E-state index in [9.17, 15) is 13.6 Å². The number of nitrogens with one attached hydrogen (secondary N) is 2. The highest BCUT2D eigenvalue weighted by atomic mass is 19.3. The highest BCUT2D eigenvalue weighted by Crippen LogP contribution is 2.24. The molecule has 0 aliphatic rings. The summed E-state index contributed by atoms with van der Waals surface area (Å²) in [5, 5.41) is 6.93. The van der Waals surface area contributed by atoms with Crippen molar-refractivity contribution >= 4 is 17.8 Å². The van der Waals surface area contributed by atoms with Crippen LogP contribution in [-0.4, -0.2) is 50.1 Å². The number of anilines is 1. The van der Waals surface area contributed by atoms with E-state index >= 15 is 0 Å². The molecule has 1 atom stereocenters. The molecule has 1 unspecified atom stereocenters. The molecule has 7 heteroatoms. The van der Waals surface area contributed by atoms with E-state index in [1.807, 2.05) is 14.0 Å². The first-order chi connectivity index (χ1) is 13.4. The number of carbonyl (C=O) groups is 1. The fourth-order valence-electron chi connectivity index (χ4n) is 2.74. The van der Waals surface area contributed by atoms with Crippen LogP contribution in [0.4, 0.5) is 14.5 Å². The average molecular weight is 392 g/mol. The number of hydrogen-bond donors (Lipinski definition) is 2. The van der Waals surface area contributed by atoms with Crippen LogP contribution in [0.5, 0.6) is 0 Å². The van der Waals surface area contributed by atoms with E-state index in [1.54, 1.807) is 25.1 Å². The first-order valence-corrected chi connectivity index (χ1v) is 9.53. The molecule has 1 rings (SSSR count). The fraction of sp³-hybridized carbons (Fsp3) is 0.524. The molecule has 1 aromatic carbocycles. The number of benzene rings is 1. The molecular formula is C21H30F2N4O. The molecule has 2 N–H and O–H groups in total. The van der Waals surface area contributed by atoms with E-state index in [-0.39, 0.29) is 6.42 Å². The third-order valence-electron chi connectivity index (χ3n) is 4.05. The molecule has 28 heavy (non-hydrogen) atoms. The van der Waals surface area contributed by atoms with Crippen molar-refractivity contribution in [3.8, 4) is 11.8 Å². The molecule has 0 saturated heterocycles. The Bertz CT molecular complexity index is 710. The van der Waals surface area contributed by atoms with Crippen molar-refractivity contribution in [2.24, 2.45) is 11.0 Å². The number of carbonyl (C=O) groups excluding carboxylic acids is 1. The van der Waals surface area contributed by atoms with E-state index in [1.165, 1.54) is 0 Å². The Hall–Kier alpha value is -2.46. The Balaban J connectivity index is 3.26. The first-order valence-electron chi connectivity index (χ1n) is 9.53. The van der Waals surface area contributed by atoms with Crippen LogP contribution in [0.1, 0.15) is 44.7 Å². The molecule has 5 nitrogen and oxygen atoms in total. The molecule has 0 aliphatic carbocycles. The Kier molecular flexibility index (Phi) is 10.8. The predicted molar refractivity (Wildman–Crippen MR) is 111 cm³/mol. The van der Waals surface area contributed by atoms with Gasteiger partial charge >= 0.3 is 0 Å². The Morgan fingerprint density at radius 2 is 2.11 bits per heavy atom. The van der Waals surface area contributed by atoms with Crippen LogP contribution < -0.4 is 10.7 Å². The molecule has 0 bridgehead atoms. The highest BCUT2D eigenvalue weighted by molar-refractivity contribution is 6.07. The molecule has 0 fully saturated rings. The van der Waals surface area contributed by atoms with Crippen molar-refractivity contribution < 1.29 is 13.6 Å². The summed E-state index contributed by atoms with van der Waals surface area (Å²) in [6.07, 6.45) is -1.14. The van der Waals surface area contributed by atoms with E-state index in [2.05, 4.69) is 39.5 Å². The number of alkyl halides is 2. The summed E-state index contributed by atoms with van der Waals surface area (Å²) >= 11 is 0. The zero-order valence-corrected chi connectivity index (χ0v) is 17.1. The zero-order valence-electron chi connectivity index (χ0n) is 17.1. The highest BCUT2D eigenvalue weighted by Gasteiger charge is 2.21. The van der Waals surface area contributed by atoms with Gasteiger partial charge in [-0.1, -0.05) is 25.7 Å². The number of nitrogens with zero attached hydrogens (tertiary/aromatic N) is 2. The van der Waals surface area contributed by atoms with E-state index in [0.717, 1.165) is 18.5 Å². The monoisotopic (exact) mass is 392 g/mol. The molecular weight excluding hydrogens is 362 g/mol. The minimum Gasteiger partial charge on any atom is -0.328 e. The summed E-state index contributed by atoms with van der Waals surface area (Å²) < 4.78 is 25.9. The van der Waals surface area contributed by atoms with Crippen LogP contribution >= 0.6 is 0 Å². The van der Waals surface area contributed by atoms with Crippen LogP contribution in [0.3, 0.4) is 0 Å². The molecule has 0 saturated carbocycles. The normalized spacial score (nSPS) is 12.5. The summed E-state index contributed by atoms with van der Waals surface area (Å²) in [4.78, 5) is 13.1. The summed E-state index contributed by atoms with van der Waals surface area (Å²) in [7, 11) is 2.01. The molecule has 0 radical (unpaired) electrons. The molecule has 0 heterocycles. The van der Waals surface area contributed by atoms with Gasteiger partial charge in [0.25, 0.3) is 0 Å². The molecule has 0 aromatic heterocycles. The Labute approximate surface area is 166 Å². The number of rotatable bonds is 11. The van der Waals surface area contributed by atoms with Gasteiger partial charge in [0.05, 0.1) is 12.3 Å². The second kappa shape index (κ2) is 12.8. The quantitative estimate of drug-likeness (QED) is 0.262. The van der Waals surface area contributed by atoms with Crippen molar-refractivity contribution in [2.45, 2.75) is 40.0 Å². The van der Waals surface area contributed by atoms with Gasteiger partial charge in [0, 0.05) is 35.7 Å². The largest absolute Gasteiger partial charge is 0.328 e. The molecule has 0 spiro atoms. The van der Waals surface area contributed by atoms with Crippen LogP contribution in [-0.2, 0) is 4.79 Å². The number of hydrazone groups is 1. The minimum atomic E-state index is -2.44. The van der Waals surface area contributed by atoms with E-state index in [0.29, 0.717) is 36.5 Å². The SMILES string of the molecule is CCCN(C)CC#Cc1ccc(NC=O)c(/C(=N/NCC)C(C)CC(F)F)c1. The van der Waals surface area contributed by atoms with Crippen LogP contribution in [0.2, 0.25) is 0 Å². The van der Waals surface area contributed by atoms with Crippen LogP contribution in [0.15, 0.2) is 23.3 Å². The van der Waals surface area contributed by atoms with Gasteiger partial charge < -0.3 is 10.7 Å². The lowest BCUT2D eigenvalue weighted by Crippen LogP contribution is -2.21. The van der Waals surface area contributed by atoms with Gasteiger partial charge in [-0.15, -0.1) is 0 Å². The summed E-state index contributed by atoms with van der Waals surface area (Å²) in [5.74, 6) is 5.73. The van der Waals surface area contributed by atoms with Crippen LogP contribution in [0, 0.1) is 17.8 Å². The third-order valence-corrected chi connectivity index (χ3v) is 4.05. The van der Waals surface area contributed by atoms with Crippen molar-refractivity contribution in [1.29, 1.82) is 0 Å². The minimum absolute atomic E-state index is 0.317. The van der Waals surface area contributed by atoms with Gasteiger partial charge in [0.15, 0.2) is 0 Å². The van der Waals surface area contributed by atoms with Gasteiger partial charge in [0.1, 0.15) is 0 Å². The number of hydrogen-bond acceptors (Lipinski definition) is 4. The van der Waals surface area contributed by atoms with Crippen molar-refractivity contribution in [1.82, 2.24) is 10.3 Å². The van der Waals surface area contributed by atoms with Crippen molar-refractivity contribution in [2.75, 3.05) is 32.0 Å². The Morgan fingerprint density at radius 3 is 2.71 bits per heavy atom. The lowest BCUT2D eigenvalue weighted by atomic mass is 9.93. The van der Waals surface area contributed by atoms with Gasteiger partial charge in [-0.3, -0.25) is 9.69 Å². The smallest absolute Gasteiger partial charge is 0.239 e. The van der Waals surface area contributed by atoms with Gasteiger partial charge in [-0.05, 0) is 45.1 Å². The average Bonchev–Trinajstić information content (AvgIpc) is 2.63. The maximum absolute atomic E-state index is 12.9. The third kappa shape index (κ3) is 8.05. The fourth-order valence-corrected chi connectivity index (χ4v) is 2.74. The second-order valence-corrected chi connectivity index (χ2v) is 6.60. The first kappa shape index (κ1) is 23.6. The van der Waals surface area contributed by atoms with Gasteiger partial charge in [-0.2, -0.15) is 5.10 Å². The Morgan fingerprint density at radius 1 is 1.36 bits per heavy atom. The van der Waals surface area contributed by atoms with Gasteiger partial charge in [0.2, 0.25) is 12.8 Å². The number of amides is 1. The van der Waals surface area contributed by atoms with Crippen molar-refractivity contribution in [3.05, 3.63) is 29.3 Å². The molecule has 154 valence electrons. The van der Waals surface area contributed by atoms with Crippen LogP contribution in [0.25, 0.3) is 0 Å². The number of halogens is 2. The lowest BCUT2D eigenvalue weighted by molar-refractivity contribution is -0.105.